The fraction of sp³-hybridized carbons (Fsp3) is 0.545. The van der Waals surface area contributed by atoms with E-state index in [9.17, 15) is 24.0 Å². The van der Waals surface area contributed by atoms with Crippen LogP contribution >= 0.6 is 0 Å². The average molecular weight is 460 g/mol. The topological polar surface area (TPSA) is 169 Å². The zero-order valence-corrected chi connectivity index (χ0v) is 18.5. The predicted octanol–water partition coefficient (Wildman–Crippen LogP) is -1.52. The largest absolute Gasteiger partial charge is 0.368 e. The highest BCUT2D eigenvalue weighted by Gasteiger charge is 2.37. The Hall–Kier alpha value is -3.50. The van der Waals surface area contributed by atoms with Gasteiger partial charge in [0.05, 0.1) is 0 Å². The Kier molecular flexibility index (Phi) is 7.96. The number of carbonyl (C=O) groups excluding carboxylic acids is 5. The summed E-state index contributed by atoms with van der Waals surface area (Å²) < 4.78 is 1.84. The first-order valence-electron chi connectivity index (χ1n) is 11.2. The molecule has 2 aliphatic rings. The molecule has 0 radical (unpaired) electrons. The summed E-state index contributed by atoms with van der Waals surface area (Å²) in [5.74, 6) is -2.00. The lowest BCUT2D eigenvalue weighted by Crippen LogP contribution is -2.55. The van der Waals surface area contributed by atoms with E-state index in [1.807, 2.05) is 10.8 Å². The van der Waals surface area contributed by atoms with Gasteiger partial charge in [-0.3, -0.25) is 24.0 Å². The Morgan fingerprint density at radius 2 is 2.00 bits per heavy atom. The molecule has 2 saturated heterocycles. The van der Waals surface area contributed by atoms with Crippen LogP contribution in [0.2, 0.25) is 0 Å². The van der Waals surface area contributed by atoms with Crippen molar-refractivity contribution < 1.29 is 28.5 Å². The Morgan fingerprint density at radius 3 is 2.67 bits per heavy atom. The van der Waals surface area contributed by atoms with E-state index in [-0.39, 0.29) is 18.2 Å². The zero-order valence-electron chi connectivity index (χ0n) is 18.5. The minimum atomic E-state index is -0.822. The van der Waals surface area contributed by atoms with Gasteiger partial charge in [-0.2, -0.15) is 0 Å². The molecule has 1 aromatic heterocycles. The molecule has 0 saturated carbocycles. The van der Waals surface area contributed by atoms with Gasteiger partial charge in [-0.05, 0) is 38.2 Å². The van der Waals surface area contributed by atoms with Crippen molar-refractivity contribution in [2.75, 3.05) is 6.54 Å². The number of nitrogens with two attached hydrogens (primary N) is 2. The van der Waals surface area contributed by atoms with E-state index in [0.29, 0.717) is 57.2 Å². The van der Waals surface area contributed by atoms with E-state index < -0.39 is 35.8 Å². The lowest BCUT2D eigenvalue weighted by Gasteiger charge is -2.28. The summed E-state index contributed by atoms with van der Waals surface area (Å²) in [5.41, 5.74) is 11.2. The van der Waals surface area contributed by atoms with Crippen LogP contribution in [0.15, 0.2) is 24.5 Å². The Bertz CT molecular complexity index is 936. The maximum atomic E-state index is 13.2. The molecule has 5 amide bonds. The van der Waals surface area contributed by atoms with Crippen LogP contribution < -0.4 is 26.7 Å². The molecule has 33 heavy (non-hydrogen) atoms. The Balaban J connectivity index is 1.62. The first-order valence-corrected chi connectivity index (χ1v) is 11.2. The van der Waals surface area contributed by atoms with Crippen molar-refractivity contribution in [1.82, 2.24) is 15.5 Å². The fourth-order valence-corrected chi connectivity index (χ4v) is 4.32. The van der Waals surface area contributed by atoms with E-state index in [4.69, 9.17) is 11.5 Å². The number of hydrogen-bond acceptors (Lipinski definition) is 5. The Labute approximate surface area is 191 Å². The molecular weight excluding hydrogens is 428 g/mol. The second-order valence-electron chi connectivity index (χ2n) is 8.50. The highest BCUT2D eigenvalue weighted by molar-refractivity contribution is 5.95. The van der Waals surface area contributed by atoms with Gasteiger partial charge in [0.2, 0.25) is 23.6 Å². The molecule has 6 N–H and O–H groups in total. The summed E-state index contributed by atoms with van der Waals surface area (Å²) in [7, 11) is 0. The van der Waals surface area contributed by atoms with Gasteiger partial charge in [-0.25, -0.2) is 4.57 Å². The van der Waals surface area contributed by atoms with Gasteiger partial charge in [0.15, 0.2) is 12.4 Å². The number of primary amides is 2. The highest BCUT2D eigenvalue weighted by Crippen LogP contribution is 2.20. The maximum absolute atomic E-state index is 13.2. The van der Waals surface area contributed by atoms with Gasteiger partial charge in [0.25, 0.3) is 5.91 Å². The van der Waals surface area contributed by atoms with Crippen molar-refractivity contribution in [1.29, 1.82) is 0 Å². The van der Waals surface area contributed by atoms with Crippen LogP contribution in [0.25, 0.3) is 0 Å². The minimum Gasteiger partial charge on any atom is -0.368 e. The number of rotatable bonds is 10. The van der Waals surface area contributed by atoms with Crippen molar-refractivity contribution in [3.8, 4) is 0 Å². The van der Waals surface area contributed by atoms with Crippen LogP contribution in [0.3, 0.4) is 0 Å². The molecule has 11 heteroatoms. The molecule has 178 valence electrons. The van der Waals surface area contributed by atoms with E-state index in [1.165, 1.54) is 4.90 Å². The number of likely N-dealkylation sites (tertiary alicyclic amines) is 1. The van der Waals surface area contributed by atoms with Crippen LogP contribution in [0, 0.1) is 0 Å². The summed E-state index contributed by atoms with van der Waals surface area (Å²) in [5, 5.41) is 5.38. The van der Waals surface area contributed by atoms with E-state index in [2.05, 4.69) is 10.6 Å². The third-order valence-corrected chi connectivity index (χ3v) is 6.09. The molecule has 0 aromatic carbocycles. The van der Waals surface area contributed by atoms with Crippen LogP contribution in [0.1, 0.15) is 55.3 Å². The third-order valence-electron chi connectivity index (χ3n) is 6.09. The van der Waals surface area contributed by atoms with Gasteiger partial charge in [0, 0.05) is 25.5 Å². The number of amides is 5. The fourth-order valence-electron chi connectivity index (χ4n) is 4.32. The number of nitrogens with zero attached hydrogens (tertiary/aromatic N) is 2. The van der Waals surface area contributed by atoms with Crippen LogP contribution in [0.5, 0.6) is 0 Å². The van der Waals surface area contributed by atoms with E-state index in [0.717, 1.165) is 0 Å². The number of nitrogens with one attached hydrogen (secondary N) is 2. The molecule has 0 unspecified atom stereocenters. The summed E-state index contributed by atoms with van der Waals surface area (Å²) in [6, 6.07) is 1.22. The molecular formula is C22H31N6O5+. The van der Waals surface area contributed by atoms with Crippen molar-refractivity contribution in [2.24, 2.45) is 11.5 Å². The number of carbonyl (C=O) groups is 5. The predicted molar refractivity (Wildman–Crippen MR) is 116 cm³/mol. The minimum absolute atomic E-state index is 0.193. The standard InChI is InChI=1S/C22H30N6O5/c23-19(30)14-5-3-11-27(13-14)10-2-1-6-16(26-21(32)15-8-9-18(29)25-15)22(33)28-12-4-7-17(28)20(24)31/h3,5,11,13,15-17H,1-2,4,6-10,12H2,(H5-,23,24,25,26,29,30,31,32)/p+1/t15-,16-,17-/m0/s1. The number of aromatic nitrogens is 1. The van der Waals surface area contributed by atoms with Crippen LogP contribution in [-0.2, 0) is 25.7 Å². The van der Waals surface area contributed by atoms with E-state index >= 15 is 0 Å². The quantitative estimate of drug-likeness (QED) is 0.246. The lowest BCUT2D eigenvalue weighted by atomic mass is 10.1. The highest BCUT2D eigenvalue weighted by atomic mass is 16.2. The lowest BCUT2D eigenvalue weighted by molar-refractivity contribution is -0.697. The number of aryl methyl sites for hydroxylation is 1. The van der Waals surface area contributed by atoms with Crippen molar-refractivity contribution in [3.05, 3.63) is 30.1 Å². The van der Waals surface area contributed by atoms with Crippen molar-refractivity contribution in [2.45, 2.75) is 69.6 Å². The Morgan fingerprint density at radius 1 is 1.21 bits per heavy atom. The summed E-state index contributed by atoms with van der Waals surface area (Å²) in [4.78, 5) is 61.9. The summed E-state index contributed by atoms with van der Waals surface area (Å²) in [6.07, 6.45) is 6.98. The summed E-state index contributed by atoms with van der Waals surface area (Å²) in [6.45, 7) is 1.01. The maximum Gasteiger partial charge on any atom is 0.254 e. The number of unbranched alkanes of at least 4 members (excludes halogenated alkanes) is 1. The number of pyridine rings is 1. The van der Waals surface area contributed by atoms with Crippen LogP contribution in [0.4, 0.5) is 0 Å². The zero-order chi connectivity index (χ0) is 24.0. The van der Waals surface area contributed by atoms with Gasteiger partial charge < -0.3 is 27.0 Å². The van der Waals surface area contributed by atoms with E-state index in [1.54, 1.807) is 18.3 Å². The SMILES string of the molecule is NC(=O)c1ccc[n+](CCCC[C@H](NC(=O)[C@@H]2CCC(=O)N2)C(=O)N2CCC[C@H]2C(N)=O)c1. The molecule has 0 spiro atoms. The smallest absolute Gasteiger partial charge is 0.254 e. The first-order chi connectivity index (χ1) is 15.8. The second-order valence-corrected chi connectivity index (χ2v) is 8.50. The van der Waals surface area contributed by atoms with Crippen molar-refractivity contribution in [3.63, 3.8) is 0 Å². The van der Waals surface area contributed by atoms with Gasteiger partial charge in [-0.15, -0.1) is 0 Å². The molecule has 0 bridgehead atoms. The van der Waals surface area contributed by atoms with Gasteiger partial charge >= 0.3 is 0 Å². The molecule has 0 aliphatic carbocycles. The molecule has 1 aromatic rings. The van der Waals surface area contributed by atoms with Crippen LogP contribution in [-0.4, -0.2) is 59.1 Å². The van der Waals surface area contributed by atoms with Gasteiger partial charge in [0.1, 0.15) is 30.2 Å². The summed E-state index contributed by atoms with van der Waals surface area (Å²) >= 11 is 0. The first kappa shape index (κ1) is 24.1. The monoisotopic (exact) mass is 459 g/mol. The third kappa shape index (κ3) is 6.27. The van der Waals surface area contributed by atoms with Crippen molar-refractivity contribution >= 4 is 29.5 Å². The molecule has 2 fully saturated rings. The molecule has 11 nitrogen and oxygen atoms in total. The number of hydrogen-bond donors (Lipinski definition) is 4. The molecule has 3 rings (SSSR count). The molecule has 3 heterocycles. The van der Waals surface area contributed by atoms with Gasteiger partial charge in [-0.1, -0.05) is 0 Å². The normalized spacial score (nSPS) is 20.8. The molecule has 3 atom stereocenters. The second kappa shape index (κ2) is 10.9. The molecule has 2 aliphatic heterocycles. The average Bonchev–Trinajstić information content (AvgIpc) is 3.45.